The van der Waals surface area contributed by atoms with Crippen molar-refractivity contribution in [3.63, 3.8) is 0 Å². The molecule has 60 heavy (non-hydrogen) atoms. The zero-order valence-corrected chi connectivity index (χ0v) is 38.9. The van der Waals surface area contributed by atoms with E-state index in [1.54, 1.807) is 6.08 Å². The van der Waals surface area contributed by atoms with Crippen LogP contribution in [0.4, 0.5) is 0 Å². The molecule has 0 amide bonds. The van der Waals surface area contributed by atoms with Crippen molar-refractivity contribution in [3.05, 3.63) is 85.1 Å². The van der Waals surface area contributed by atoms with Gasteiger partial charge in [0.25, 0.3) is 0 Å². The molecule has 6 heteroatoms. The maximum atomic E-state index is 12.7. The molecular weight excluding hydrogens is 745 g/mol. The van der Waals surface area contributed by atoms with Gasteiger partial charge in [0, 0.05) is 12.8 Å². The normalized spacial score (nSPS) is 12.8. The fraction of sp³-hybridized carbons (Fsp3) is 0.685. The van der Waals surface area contributed by atoms with Crippen LogP contribution in [0.5, 0.6) is 0 Å². The van der Waals surface area contributed by atoms with Gasteiger partial charge in [-0.2, -0.15) is 0 Å². The fourth-order valence-corrected chi connectivity index (χ4v) is 6.55. The molecule has 0 N–H and O–H groups in total. The lowest BCUT2D eigenvalue weighted by Gasteiger charge is -2.18. The number of unbranched alkanes of at least 4 members (excludes halogenated alkanes) is 19. The van der Waals surface area contributed by atoms with E-state index in [0.29, 0.717) is 12.8 Å². The molecule has 1 atom stereocenters. The van der Waals surface area contributed by atoms with Crippen LogP contribution in [-0.2, 0) is 28.6 Å². The Labute approximate surface area is 369 Å². The lowest BCUT2D eigenvalue weighted by Crippen LogP contribution is -2.30. The third-order valence-corrected chi connectivity index (χ3v) is 10.2. The zero-order chi connectivity index (χ0) is 43.7. The highest BCUT2D eigenvalue weighted by atomic mass is 16.6. The highest BCUT2D eigenvalue weighted by Gasteiger charge is 2.19. The molecule has 0 bridgehead atoms. The Morgan fingerprint density at radius 3 is 1.17 bits per heavy atom. The van der Waals surface area contributed by atoms with Crippen LogP contribution in [0.25, 0.3) is 0 Å². The Bertz CT molecular complexity index is 1190. The van der Waals surface area contributed by atoms with Gasteiger partial charge in [-0.05, 0) is 70.6 Å². The van der Waals surface area contributed by atoms with E-state index >= 15 is 0 Å². The van der Waals surface area contributed by atoms with Gasteiger partial charge in [-0.1, -0.05) is 215 Å². The second-order valence-electron chi connectivity index (χ2n) is 16.0. The average Bonchev–Trinajstić information content (AvgIpc) is 3.24. The van der Waals surface area contributed by atoms with Gasteiger partial charge in [0.2, 0.25) is 0 Å². The summed E-state index contributed by atoms with van der Waals surface area (Å²) in [6, 6.07) is 0. The van der Waals surface area contributed by atoms with Gasteiger partial charge in [0.05, 0.1) is 6.42 Å². The maximum absolute atomic E-state index is 12.7. The molecule has 0 radical (unpaired) electrons. The lowest BCUT2D eigenvalue weighted by molar-refractivity contribution is -0.166. The first-order valence-electron chi connectivity index (χ1n) is 24.6. The molecule has 0 aliphatic carbocycles. The summed E-state index contributed by atoms with van der Waals surface area (Å²) in [6.07, 6.45) is 61.7. The molecule has 0 rings (SSSR count). The number of allylic oxidation sites excluding steroid dienone is 13. The van der Waals surface area contributed by atoms with Crippen LogP contribution in [0.1, 0.15) is 220 Å². The first kappa shape index (κ1) is 56.6. The van der Waals surface area contributed by atoms with Gasteiger partial charge in [0.15, 0.2) is 6.10 Å². The molecule has 0 fully saturated rings. The number of hydrogen-bond acceptors (Lipinski definition) is 6. The number of rotatable bonds is 43. The van der Waals surface area contributed by atoms with E-state index in [2.05, 4.69) is 93.7 Å². The summed E-state index contributed by atoms with van der Waals surface area (Å²) in [5.74, 6) is -1.05. The van der Waals surface area contributed by atoms with Gasteiger partial charge in [-0.15, -0.1) is 0 Å². The molecular formula is C54H90O6. The van der Waals surface area contributed by atoms with Crippen molar-refractivity contribution < 1.29 is 28.6 Å². The highest BCUT2D eigenvalue weighted by Crippen LogP contribution is 2.15. The number of carbonyl (C=O) groups is 3. The molecule has 0 aromatic heterocycles. The van der Waals surface area contributed by atoms with Gasteiger partial charge < -0.3 is 14.2 Å². The summed E-state index contributed by atoms with van der Waals surface area (Å²) in [5.41, 5.74) is 0. The summed E-state index contributed by atoms with van der Waals surface area (Å²) < 4.78 is 16.6. The van der Waals surface area contributed by atoms with Gasteiger partial charge >= 0.3 is 17.9 Å². The molecule has 342 valence electrons. The number of carbonyl (C=O) groups excluding carboxylic acids is 3. The molecule has 0 aromatic carbocycles. The van der Waals surface area contributed by atoms with Crippen molar-refractivity contribution in [2.75, 3.05) is 13.2 Å². The Kier molecular flexibility index (Phi) is 45.5. The predicted molar refractivity (Wildman–Crippen MR) is 256 cm³/mol. The highest BCUT2D eigenvalue weighted by molar-refractivity contribution is 5.72. The first-order valence-corrected chi connectivity index (χ1v) is 24.6. The van der Waals surface area contributed by atoms with Crippen LogP contribution in [-0.4, -0.2) is 37.2 Å². The van der Waals surface area contributed by atoms with Crippen LogP contribution in [0.15, 0.2) is 85.1 Å². The third-order valence-electron chi connectivity index (χ3n) is 10.2. The van der Waals surface area contributed by atoms with Crippen LogP contribution < -0.4 is 0 Å². The topological polar surface area (TPSA) is 78.9 Å². The minimum atomic E-state index is -0.815. The number of hydrogen-bond donors (Lipinski definition) is 0. The van der Waals surface area contributed by atoms with Crippen molar-refractivity contribution in [2.24, 2.45) is 0 Å². The zero-order valence-electron chi connectivity index (χ0n) is 38.9. The van der Waals surface area contributed by atoms with E-state index in [1.807, 2.05) is 6.08 Å². The predicted octanol–water partition coefficient (Wildman–Crippen LogP) is 16.0. The molecule has 0 saturated carbocycles. The van der Waals surface area contributed by atoms with Crippen molar-refractivity contribution in [1.82, 2.24) is 0 Å². The van der Waals surface area contributed by atoms with Gasteiger partial charge in [0.1, 0.15) is 13.2 Å². The van der Waals surface area contributed by atoms with E-state index in [4.69, 9.17) is 14.2 Å². The maximum Gasteiger partial charge on any atom is 0.309 e. The van der Waals surface area contributed by atoms with E-state index < -0.39 is 12.1 Å². The van der Waals surface area contributed by atoms with Crippen molar-refractivity contribution in [2.45, 2.75) is 226 Å². The molecule has 0 aliphatic rings. The Hall–Kier alpha value is -3.41. The van der Waals surface area contributed by atoms with Crippen LogP contribution in [0.2, 0.25) is 0 Å². The Morgan fingerprint density at radius 1 is 0.367 bits per heavy atom. The molecule has 0 saturated heterocycles. The molecule has 0 aromatic rings. The number of ether oxygens (including phenoxy) is 3. The average molecular weight is 835 g/mol. The molecule has 6 nitrogen and oxygen atoms in total. The number of esters is 3. The quantitative estimate of drug-likeness (QED) is 0.0263. The summed E-state index contributed by atoms with van der Waals surface area (Å²) in [6.45, 7) is 6.29. The second kappa shape index (κ2) is 48.3. The largest absolute Gasteiger partial charge is 0.462 e. The summed E-state index contributed by atoms with van der Waals surface area (Å²) in [5, 5.41) is 0. The Balaban J connectivity index is 4.39. The smallest absolute Gasteiger partial charge is 0.309 e. The van der Waals surface area contributed by atoms with Crippen LogP contribution in [0.3, 0.4) is 0 Å². The van der Waals surface area contributed by atoms with Gasteiger partial charge in [-0.3, -0.25) is 14.4 Å². The van der Waals surface area contributed by atoms with Crippen molar-refractivity contribution in [1.29, 1.82) is 0 Å². The van der Waals surface area contributed by atoms with Crippen molar-refractivity contribution >= 4 is 17.9 Å². The SMILES string of the molecule is CC/C=C\C/C=C\C/C=C\C/C=C\CCCCCCCCC(=O)OCC(COC(=O)C/C=C\C/C=C\C/C=C\CC)OC(=O)CCCCCCCCCCCCCCCC. The third kappa shape index (κ3) is 45.7. The lowest BCUT2D eigenvalue weighted by atomic mass is 10.0. The Morgan fingerprint density at radius 2 is 0.717 bits per heavy atom. The molecule has 0 heterocycles. The summed E-state index contributed by atoms with van der Waals surface area (Å²) in [4.78, 5) is 37.7. The fourth-order valence-electron chi connectivity index (χ4n) is 6.55. The van der Waals surface area contributed by atoms with Gasteiger partial charge in [-0.25, -0.2) is 0 Å². The summed E-state index contributed by atoms with van der Waals surface area (Å²) in [7, 11) is 0. The van der Waals surface area contributed by atoms with Crippen LogP contribution in [0, 0.1) is 0 Å². The van der Waals surface area contributed by atoms with E-state index in [9.17, 15) is 14.4 Å². The van der Waals surface area contributed by atoms with E-state index in [1.165, 1.54) is 83.5 Å². The minimum absolute atomic E-state index is 0.110. The van der Waals surface area contributed by atoms with Crippen molar-refractivity contribution in [3.8, 4) is 0 Å². The standard InChI is InChI=1S/C54H90O6/c1-4-7-10-13-16-19-21-23-25-26-27-28-29-31-32-35-38-41-44-47-53(56)59-50-51(49-58-52(55)46-43-40-37-34-18-15-12-9-6-3)60-54(57)48-45-42-39-36-33-30-24-22-20-17-14-11-8-5-2/h7,9-10,12,16,18-19,23,25,27-28,34,40,43,51H,4-6,8,11,13-15,17,20-22,24,26,29-33,35-39,41-42,44-50H2,1-3H3/b10-7-,12-9-,19-16-,25-23-,28-27-,34-18-,43-40-. The summed E-state index contributed by atoms with van der Waals surface area (Å²) >= 11 is 0. The molecule has 1 unspecified atom stereocenters. The second-order valence-corrected chi connectivity index (χ2v) is 16.0. The first-order chi connectivity index (χ1) is 29.5. The van der Waals surface area contributed by atoms with E-state index in [0.717, 1.165) is 96.3 Å². The van der Waals surface area contributed by atoms with Crippen LogP contribution >= 0.6 is 0 Å². The molecule has 0 spiro atoms. The monoisotopic (exact) mass is 835 g/mol. The van der Waals surface area contributed by atoms with E-state index in [-0.39, 0.29) is 31.6 Å². The molecule has 0 aliphatic heterocycles. The minimum Gasteiger partial charge on any atom is -0.462 e.